The Morgan fingerprint density at radius 1 is 1.00 bits per heavy atom. The minimum atomic E-state index is -3.17. The van der Waals surface area contributed by atoms with Gasteiger partial charge in [-0.15, -0.1) is 0 Å². The van der Waals surface area contributed by atoms with Crippen molar-refractivity contribution in [3.8, 4) is 0 Å². The van der Waals surface area contributed by atoms with Gasteiger partial charge in [-0.3, -0.25) is 0 Å². The van der Waals surface area contributed by atoms with Crippen molar-refractivity contribution in [1.29, 1.82) is 0 Å². The Labute approximate surface area is 160 Å². The number of nitrogens with zero attached hydrogens (tertiary/aromatic N) is 1. The Kier molecular flexibility index (Phi) is 8.97. The zero-order chi connectivity index (χ0) is 18.0. The molecule has 0 N–H and O–H groups in total. The Bertz CT molecular complexity index is 659. The molecule has 0 unspecified atom stereocenters. The van der Waals surface area contributed by atoms with Gasteiger partial charge >= 0.3 is 160 Å². The molecule has 134 valence electrons. The fourth-order valence-corrected chi connectivity index (χ4v) is 6.91. The molecule has 0 heterocycles. The normalized spacial score (nSPS) is 12.3. The first-order valence-electron chi connectivity index (χ1n) is 8.03. The molecule has 0 aliphatic heterocycles. The molecule has 7 heteroatoms. The van der Waals surface area contributed by atoms with Crippen LogP contribution in [0.2, 0.25) is 0 Å². The van der Waals surface area contributed by atoms with Gasteiger partial charge in [0.15, 0.2) is 0 Å². The van der Waals surface area contributed by atoms with Gasteiger partial charge in [0.2, 0.25) is 0 Å². The predicted molar refractivity (Wildman–Crippen MR) is 107 cm³/mol. The summed E-state index contributed by atoms with van der Waals surface area (Å²) in [6, 6.07) is 20.3. The summed E-state index contributed by atoms with van der Waals surface area (Å²) in [6.07, 6.45) is 0.0540. The molecule has 0 aromatic heterocycles. The molecule has 0 bridgehead atoms. The summed E-state index contributed by atoms with van der Waals surface area (Å²) in [5, 5.41) is 0. The SMILES string of the molecule is CCOP(=O)(CN=C(Sc1ccccc1)[Se]c1ccccc1)OCC. The van der Waals surface area contributed by atoms with E-state index in [1.807, 2.05) is 62.4 Å². The van der Waals surface area contributed by atoms with Crippen molar-refractivity contribution in [3.63, 3.8) is 0 Å². The standard InChI is InChI=1S/C18H22NO3PSSe/c1-3-21-23(20,22-4-2)15-19-18(24-16-11-7-5-8-12-16)25-17-13-9-6-10-14-17/h5-14H,3-4,15H2,1-2H3. The van der Waals surface area contributed by atoms with Crippen LogP contribution in [0.15, 0.2) is 70.6 Å². The van der Waals surface area contributed by atoms with E-state index >= 15 is 0 Å². The van der Waals surface area contributed by atoms with Gasteiger partial charge in [0.25, 0.3) is 0 Å². The monoisotopic (exact) mass is 443 g/mol. The Hall–Kier alpha value is -0.871. The van der Waals surface area contributed by atoms with Crippen molar-refractivity contribution in [3.05, 3.63) is 60.7 Å². The zero-order valence-electron chi connectivity index (χ0n) is 14.3. The van der Waals surface area contributed by atoms with Gasteiger partial charge < -0.3 is 0 Å². The average Bonchev–Trinajstić information content (AvgIpc) is 2.62. The van der Waals surface area contributed by atoms with Gasteiger partial charge in [-0.05, 0) is 0 Å². The van der Waals surface area contributed by atoms with Crippen molar-refractivity contribution < 1.29 is 13.6 Å². The molecule has 2 aromatic rings. The van der Waals surface area contributed by atoms with Crippen molar-refractivity contribution in [2.75, 3.05) is 19.5 Å². The fraction of sp³-hybridized carbons (Fsp3) is 0.278. The first kappa shape index (κ1) is 20.4. The number of thioether (sulfide) groups is 1. The molecule has 25 heavy (non-hydrogen) atoms. The molecule has 2 aromatic carbocycles. The first-order chi connectivity index (χ1) is 12.1. The summed E-state index contributed by atoms with van der Waals surface area (Å²) in [5.41, 5.74) is 0. The molecule has 0 aliphatic rings. The quantitative estimate of drug-likeness (QED) is 0.190. The van der Waals surface area contributed by atoms with Gasteiger partial charge in [0.05, 0.1) is 0 Å². The molecule has 2 rings (SSSR count). The van der Waals surface area contributed by atoms with Gasteiger partial charge in [-0.1, -0.05) is 0 Å². The maximum absolute atomic E-state index is 12.7. The Morgan fingerprint density at radius 2 is 1.56 bits per heavy atom. The molecule has 0 radical (unpaired) electrons. The average molecular weight is 442 g/mol. The van der Waals surface area contributed by atoms with E-state index in [4.69, 9.17) is 9.05 Å². The van der Waals surface area contributed by atoms with Crippen LogP contribution in [0, 0.1) is 0 Å². The van der Waals surface area contributed by atoms with E-state index in [2.05, 4.69) is 17.1 Å². The summed E-state index contributed by atoms with van der Waals surface area (Å²) >= 11 is 1.64. The van der Waals surface area contributed by atoms with Crippen LogP contribution in [0.5, 0.6) is 0 Å². The van der Waals surface area contributed by atoms with Crippen LogP contribution in [-0.2, 0) is 13.6 Å². The Balaban J connectivity index is 2.18. The molecule has 4 nitrogen and oxygen atoms in total. The number of aliphatic imine (C=N–C) groups is 1. The van der Waals surface area contributed by atoms with Gasteiger partial charge in [-0.2, -0.15) is 0 Å². The van der Waals surface area contributed by atoms with Crippen molar-refractivity contribution in [1.82, 2.24) is 0 Å². The van der Waals surface area contributed by atoms with Crippen molar-refractivity contribution in [2.45, 2.75) is 18.7 Å². The summed E-state index contributed by atoms with van der Waals surface area (Å²) in [4.78, 5) is 5.73. The molecule has 0 spiro atoms. The van der Waals surface area contributed by atoms with Crippen LogP contribution in [0.1, 0.15) is 13.8 Å². The number of rotatable bonds is 9. The third-order valence-electron chi connectivity index (χ3n) is 2.92. The van der Waals surface area contributed by atoms with Crippen LogP contribution >= 0.6 is 19.4 Å². The van der Waals surface area contributed by atoms with Crippen molar-refractivity contribution >= 4 is 42.7 Å². The number of benzene rings is 2. The van der Waals surface area contributed by atoms with E-state index in [1.54, 1.807) is 11.8 Å². The van der Waals surface area contributed by atoms with E-state index in [-0.39, 0.29) is 21.2 Å². The van der Waals surface area contributed by atoms with E-state index < -0.39 is 7.60 Å². The van der Waals surface area contributed by atoms with Crippen LogP contribution in [0.3, 0.4) is 0 Å². The van der Waals surface area contributed by atoms with Gasteiger partial charge in [0.1, 0.15) is 0 Å². The topological polar surface area (TPSA) is 47.9 Å². The van der Waals surface area contributed by atoms with Gasteiger partial charge in [0, 0.05) is 0 Å². The zero-order valence-corrected chi connectivity index (χ0v) is 17.8. The third kappa shape index (κ3) is 7.49. The van der Waals surface area contributed by atoms with Crippen LogP contribution in [0.4, 0.5) is 0 Å². The summed E-state index contributed by atoms with van der Waals surface area (Å²) in [6.45, 7) is 4.31. The minimum absolute atomic E-state index is 0.0328. The summed E-state index contributed by atoms with van der Waals surface area (Å²) < 4.78 is 25.5. The molecular weight excluding hydrogens is 420 g/mol. The first-order valence-corrected chi connectivity index (χ1v) is 12.3. The van der Waals surface area contributed by atoms with Crippen LogP contribution < -0.4 is 4.46 Å². The summed E-state index contributed by atoms with van der Waals surface area (Å²) in [7, 11) is -3.17. The maximum atomic E-state index is 12.7. The molecular formula is C18H22NO3PSSe. The number of hydrogen-bond donors (Lipinski definition) is 0. The van der Waals surface area contributed by atoms with Crippen molar-refractivity contribution in [2.24, 2.45) is 4.99 Å². The molecule has 0 atom stereocenters. The van der Waals surface area contributed by atoms with Crippen LogP contribution in [-0.4, -0.2) is 38.4 Å². The van der Waals surface area contributed by atoms with Gasteiger partial charge in [-0.25, -0.2) is 0 Å². The number of hydrogen-bond acceptors (Lipinski definition) is 5. The van der Waals surface area contributed by atoms with E-state index in [0.717, 1.165) is 8.84 Å². The second-order valence-corrected chi connectivity index (χ2v) is 10.7. The molecule has 0 fully saturated rings. The van der Waals surface area contributed by atoms with E-state index in [0.29, 0.717) is 13.2 Å². The second-order valence-electron chi connectivity index (χ2n) is 4.84. The Morgan fingerprint density at radius 3 is 2.12 bits per heavy atom. The molecule has 0 saturated carbocycles. The van der Waals surface area contributed by atoms with E-state index in [1.165, 1.54) is 4.46 Å². The fourth-order valence-electron chi connectivity index (χ4n) is 1.92. The molecule has 0 amide bonds. The van der Waals surface area contributed by atoms with Crippen LogP contribution in [0.25, 0.3) is 0 Å². The summed E-state index contributed by atoms with van der Waals surface area (Å²) in [5.74, 6) is 0. The predicted octanol–water partition coefficient (Wildman–Crippen LogP) is 4.39. The third-order valence-corrected chi connectivity index (χ3v) is 8.18. The molecule has 0 aliphatic carbocycles. The second kappa shape index (κ2) is 11.0. The molecule has 0 saturated heterocycles. The van der Waals surface area contributed by atoms with E-state index in [9.17, 15) is 4.57 Å².